The number of amides is 1. The Morgan fingerprint density at radius 2 is 2.04 bits per heavy atom. The van der Waals surface area contributed by atoms with E-state index in [9.17, 15) is 14.4 Å². The number of methoxy groups -OCH3 is 1. The third-order valence-corrected chi connectivity index (χ3v) is 3.34. The molecule has 1 aromatic carbocycles. The van der Waals surface area contributed by atoms with Gasteiger partial charge in [-0.3, -0.25) is 9.59 Å². The van der Waals surface area contributed by atoms with Gasteiger partial charge in [0.25, 0.3) is 5.91 Å². The highest BCUT2D eigenvalue weighted by Crippen LogP contribution is 2.25. The van der Waals surface area contributed by atoms with Crippen molar-refractivity contribution in [2.24, 2.45) is 0 Å². The Labute approximate surface area is 139 Å². The predicted molar refractivity (Wildman–Crippen MR) is 85.1 cm³/mol. The molecule has 7 nitrogen and oxygen atoms in total. The zero-order chi connectivity index (χ0) is 17.4. The number of carbonyl (C=O) groups excluding carboxylic acids is 3. The first-order chi connectivity index (χ1) is 11.6. The number of fused-ring (bicyclic) bond motifs is 1. The van der Waals surface area contributed by atoms with Crippen molar-refractivity contribution >= 4 is 23.9 Å². The molecular formula is C17H19NO6. The van der Waals surface area contributed by atoms with Gasteiger partial charge in [-0.2, -0.15) is 0 Å². The van der Waals surface area contributed by atoms with E-state index in [0.717, 1.165) is 5.56 Å². The molecule has 0 saturated heterocycles. The van der Waals surface area contributed by atoms with Gasteiger partial charge in [0.05, 0.1) is 12.7 Å². The minimum absolute atomic E-state index is 0.108. The van der Waals surface area contributed by atoms with Crippen molar-refractivity contribution in [1.82, 2.24) is 5.32 Å². The number of para-hydroxylation sites is 1. The number of carbonyl (C=O) groups is 3. The van der Waals surface area contributed by atoms with Crippen molar-refractivity contribution in [3.05, 3.63) is 35.4 Å². The molecule has 2 rings (SSSR count). The number of hydrogen-bond donors (Lipinski definition) is 1. The van der Waals surface area contributed by atoms with Crippen molar-refractivity contribution in [3.8, 4) is 5.75 Å². The Morgan fingerprint density at radius 3 is 2.83 bits per heavy atom. The van der Waals surface area contributed by atoms with E-state index in [2.05, 4.69) is 10.1 Å². The molecule has 1 aromatic rings. The van der Waals surface area contributed by atoms with Crippen LogP contribution in [0.15, 0.2) is 29.8 Å². The Kier molecular flexibility index (Phi) is 6.36. The van der Waals surface area contributed by atoms with Crippen LogP contribution in [0.5, 0.6) is 5.75 Å². The minimum Gasteiger partial charge on any atom is -0.488 e. The molecule has 0 radical (unpaired) electrons. The highest BCUT2D eigenvalue weighted by Gasteiger charge is 2.19. The van der Waals surface area contributed by atoms with Crippen LogP contribution >= 0.6 is 0 Å². The Morgan fingerprint density at radius 1 is 1.25 bits per heavy atom. The second kappa shape index (κ2) is 8.71. The monoisotopic (exact) mass is 333 g/mol. The van der Waals surface area contributed by atoms with Crippen molar-refractivity contribution in [2.75, 3.05) is 26.9 Å². The van der Waals surface area contributed by atoms with Gasteiger partial charge in [-0.15, -0.1) is 0 Å². The number of ether oxygens (including phenoxy) is 3. The van der Waals surface area contributed by atoms with E-state index in [-0.39, 0.29) is 25.6 Å². The van der Waals surface area contributed by atoms with Crippen molar-refractivity contribution in [2.45, 2.75) is 12.8 Å². The summed E-state index contributed by atoms with van der Waals surface area (Å²) >= 11 is 0. The van der Waals surface area contributed by atoms with Gasteiger partial charge in [0.1, 0.15) is 12.4 Å². The molecule has 1 N–H and O–H groups in total. The summed E-state index contributed by atoms with van der Waals surface area (Å²) < 4.78 is 14.9. The van der Waals surface area contributed by atoms with Crippen LogP contribution in [0.4, 0.5) is 0 Å². The summed E-state index contributed by atoms with van der Waals surface area (Å²) in [5, 5.41) is 2.56. The number of esters is 2. The Bertz CT molecular complexity index is 652. The molecule has 0 unspecified atom stereocenters. The van der Waals surface area contributed by atoms with Crippen LogP contribution in [-0.4, -0.2) is 44.7 Å². The van der Waals surface area contributed by atoms with Crippen LogP contribution in [0, 0.1) is 0 Å². The molecule has 0 bridgehead atoms. The van der Waals surface area contributed by atoms with Crippen LogP contribution in [0.3, 0.4) is 0 Å². The third kappa shape index (κ3) is 5.12. The van der Waals surface area contributed by atoms with Gasteiger partial charge in [0.15, 0.2) is 6.61 Å². The van der Waals surface area contributed by atoms with Gasteiger partial charge in [0.2, 0.25) is 0 Å². The van der Waals surface area contributed by atoms with Crippen molar-refractivity contribution in [3.63, 3.8) is 0 Å². The Balaban J connectivity index is 1.72. The summed E-state index contributed by atoms with van der Waals surface area (Å²) in [5.41, 5.74) is 1.15. The Hall–Kier alpha value is -2.83. The van der Waals surface area contributed by atoms with Crippen molar-refractivity contribution < 1.29 is 28.6 Å². The summed E-state index contributed by atoms with van der Waals surface area (Å²) in [6, 6.07) is 7.33. The second-order valence-electron chi connectivity index (χ2n) is 5.10. The summed E-state index contributed by atoms with van der Waals surface area (Å²) in [7, 11) is 1.31. The molecule has 1 amide bonds. The summed E-state index contributed by atoms with van der Waals surface area (Å²) in [5.74, 6) is -0.641. The smallest absolute Gasteiger partial charge is 0.338 e. The lowest BCUT2D eigenvalue weighted by atomic mass is 10.1. The fourth-order valence-corrected chi connectivity index (χ4v) is 2.07. The number of nitrogens with one attached hydrogen (secondary N) is 1. The van der Waals surface area contributed by atoms with Gasteiger partial charge in [0, 0.05) is 18.5 Å². The molecule has 0 atom stereocenters. The first kappa shape index (κ1) is 17.5. The highest BCUT2D eigenvalue weighted by atomic mass is 16.5. The normalized spacial score (nSPS) is 12.3. The van der Waals surface area contributed by atoms with E-state index in [1.807, 2.05) is 24.3 Å². The number of rotatable bonds is 7. The predicted octanol–water partition coefficient (Wildman–Crippen LogP) is 1.07. The van der Waals surface area contributed by atoms with Gasteiger partial charge in [-0.1, -0.05) is 18.2 Å². The van der Waals surface area contributed by atoms with Crippen LogP contribution in [0.1, 0.15) is 18.4 Å². The zero-order valence-corrected chi connectivity index (χ0v) is 13.4. The van der Waals surface area contributed by atoms with Gasteiger partial charge in [-0.25, -0.2) is 4.79 Å². The average Bonchev–Trinajstić information content (AvgIpc) is 2.62. The largest absolute Gasteiger partial charge is 0.488 e. The van der Waals surface area contributed by atoms with E-state index in [4.69, 9.17) is 9.47 Å². The van der Waals surface area contributed by atoms with Gasteiger partial charge in [-0.05, 0) is 18.6 Å². The first-order valence-electron chi connectivity index (χ1n) is 7.53. The van der Waals surface area contributed by atoms with Crippen molar-refractivity contribution in [1.29, 1.82) is 0 Å². The van der Waals surface area contributed by atoms with Gasteiger partial charge >= 0.3 is 11.9 Å². The lowest BCUT2D eigenvalue weighted by Gasteiger charge is -2.16. The quantitative estimate of drug-likeness (QED) is 0.593. The van der Waals surface area contributed by atoms with E-state index in [1.54, 1.807) is 6.08 Å². The highest BCUT2D eigenvalue weighted by molar-refractivity contribution is 5.96. The lowest BCUT2D eigenvalue weighted by Crippen LogP contribution is -2.30. The standard InChI is InChI=1S/C17H19NO6/c1-22-16(20)7-4-8-18-15(19)11-24-17(21)13-9-12-5-2-3-6-14(12)23-10-13/h2-3,5-6,9H,4,7-8,10-11H2,1H3,(H,18,19). The zero-order valence-electron chi connectivity index (χ0n) is 13.4. The number of benzene rings is 1. The van der Waals surface area contributed by atoms with Gasteiger partial charge < -0.3 is 19.5 Å². The molecule has 1 heterocycles. The maximum absolute atomic E-state index is 12.0. The molecule has 0 aromatic heterocycles. The SMILES string of the molecule is COC(=O)CCCNC(=O)COC(=O)C1=Cc2ccccc2OC1. The van der Waals surface area contributed by atoms with E-state index < -0.39 is 11.9 Å². The van der Waals surface area contributed by atoms with E-state index in [1.165, 1.54) is 7.11 Å². The van der Waals surface area contributed by atoms with Crippen LogP contribution in [0.25, 0.3) is 6.08 Å². The molecule has 24 heavy (non-hydrogen) atoms. The molecule has 0 fully saturated rings. The average molecular weight is 333 g/mol. The molecule has 1 aliphatic rings. The van der Waals surface area contributed by atoms with E-state index >= 15 is 0 Å². The fraction of sp³-hybridized carbons (Fsp3) is 0.353. The third-order valence-electron chi connectivity index (χ3n) is 3.34. The second-order valence-corrected chi connectivity index (χ2v) is 5.10. The van der Waals surface area contributed by atoms with Crippen LogP contribution in [-0.2, 0) is 23.9 Å². The molecule has 128 valence electrons. The number of hydrogen-bond acceptors (Lipinski definition) is 6. The van der Waals surface area contributed by atoms with Crippen LogP contribution in [0.2, 0.25) is 0 Å². The van der Waals surface area contributed by atoms with E-state index in [0.29, 0.717) is 24.3 Å². The molecule has 1 aliphatic heterocycles. The maximum atomic E-state index is 12.0. The van der Waals surface area contributed by atoms with Crippen LogP contribution < -0.4 is 10.1 Å². The minimum atomic E-state index is -0.589. The fourth-order valence-electron chi connectivity index (χ4n) is 2.07. The molecule has 0 aliphatic carbocycles. The summed E-state index contributed by atoms with van der Waals surface area (Å²) in [4.78, 5) is 34.5. The molecule has 0 saturated carbocycles. The lowest BCUT2D eigenvalue weighted by molar-refractivity contribution is -0.145. The first-order valence-corrected chi connectivity index (χ1v) is 7.53. The molecule has 7 heteroatoms. The molecule has 0 spiro atoms. The molecular weight excluding hydrogens is 314 g/mol. The maximum Gasteiger partial charge on any atom is 0.338 e. The topological polar surface area (TPSA) is 90.9 Å². The summed E-state index contributed by atoms with van der Waals surface area (Å²) in [6.45, 7) is 0.0390. The summed E-state index contributed by atoms with van der Waals surface area (Å²) in [6.07, 6.45) is 2.37.